The van der Waals surface area contributed by atoms with Crippen LogP contribution >= 0.6 is 0 Å². The molecule has 0 aliphatic rings. The second-order valence-electron chi connectivity index (χ2n) is 2.10. The minimum atomic E-state index is -1.21. The van der Waals surface area contributed by atoms with Gasteiger partial charge >= 0.3 is 11.9 Å². The Kier molecular flexibility index (Phi) is 4.98. The lowest BCUT2D eigenvalue weighted by molar-refractivity contribution is -0.163. The van der Waals surface area contributed by atoms with Crippen LogP contribution in [-0.2, 0) is 14.3 Å². The quantitative estimate of drug-likeness (QED) is 0.429. The molecule has 0 fully saturated rings. The number of carbonyl (C=O) groups is 2. The number of rotatable bonds is 5. The van der Waals surface area contributed by atoms with Crippen LogP contribution in [0.4, 0.5) is 0 Å². The predicted octanol–water partition coefficient (Wildman–Crippen LogP) is -1.71. The van der Waals surface area contributed by atoms with Crippen LogP contribution in [-0.4, -0.2) is 36.2 Å². The standard InChI is InChI=1S/C6H12N2O4/c7-2-1-4(6(10)11)12-5(9)3-8/h4H,1-3,7-8H2,(H,10,11). The fourth-order valence-electron chi connectivity index (χ4n) is 0.591. The van der Waals surface area contributed by atoms with Gasteiger partial charge in [-0.25, -0.2) is 4.79 Å². The lowest BCUT2D eigenvalue weighted by Crippen LogP contribution is -2.31. The average Bonchev–Trinajstić information content (AvgIpc) is 2.03. The van der Waals surface area contributed by atoms with Crippen molar-refractivity contribution in [1.29, 1.82) is 0 Å². The van der Waals surface area contributed by atoms with Crippen LogP contribution in [0.15, 0.2) is 0 Å². The molecule has 0 aliphatic heterocycles. The molecule has 1 unspecified atom stereocenters. The van der Waals surface area contributed by atoms with Crippen molar-refractivity contribution in [1.82, 2.24) is 0 Å². The van der Waals surface area contributed by atoms with Gasteiger partial charge in [0.1, 0.15) is 0 Å². The number of nitrogens with two attached hydrogens (primary N) is 2. The van der Waals surface area contributed by atoms with Crippen LogP contribution in [0.2, 0.25) is 0 Å². The van der Waals surface area contributed by atoms with Gasteiger partial charge in [-0.05, 0) is 6.54 Å². The topological polar surface area (TPSA) is 116 Å². The molecule has 6 nitrogen and oxygen atoms in total. The highest BCUT2D eigenvalue weighted by Crippen LogP contribution is 1.97. The third-order valence-electron chi connectivity index (χ3n) is 1.14. The molecule has 0 aromatic heterocycles. The van der Waals surface area contributed by atoms with Crippen molar-refractivity contribution in [2.75, 3.05) is 13.1 Å². The van der Waals surface area contributed by atoms with E-state index in [0.29, 0.717) is 0 Å². The normalized spacial score (nSPS) is 12.2. The lowest BCUT2D eigenvalue weighted by Gasteiger charge is -2.11. The van der Waals surface area contributed by atoms with Crippen LogP contribution < -0.4 is 11.5 Å². The Morgan fingerprint density at radius 1 is 1.42 bits per heavy atom. The first kappa shape index (κ1) is 10.9. The van der Waals surface area contributed by atoms with Gasteiger partial charge in [0.15, 0.2) is 6.10 Å². The van der Waals surface area contributed by atoms with E-state index >= 15 is 0 Å². The zero-order valence-electron chi connectivity index (χ0n) is 6.53. The molecule has 0 radical (unpaired) electrons. The number of carbonyl (C=O) groups excluding carboxylic acids is 1. The summed E-state index contributed by atoms with van der Waals surface area (Å²) in [6.07, 6.45) is -1.08. The van der Waals surface area contributed by atoms with Gasteiger partial charge in [0.25, 0.3) is 0 Å². The molecular formula is C6H12N2O4. The Morgan fingerprint density at radius 3 is 2.33 bits per heavy atom. The van der Waals surface area contributed by atoms with E-state index < -0.39 is 18.0 Å². The number of hydrogen-bond donors (Lipinski definition) is 3. The minimum Gasteiger partial charge on any atom is -0.479 e. The number of ether oxygens (including phenoxy) is 1. The summed E-state index contributed by atoms with van der Waals surface area (Å²) in [4.78, 5) is 20.9. The van der Waals surface area contributed by atoms with Crippen LogP contribution in [0, 0.1) is 0 Å². The number of carboxylic acids is 1. The van der Waals surface area contributed by atoms with Gasteiger partial charge in [-0.1, -0.05) is 0 Å². The Morgan fingerprint density at radius 2 is 2.00 bits per heavy atom. The molecule has 1 atom stereocenters. The van der Waals surface area contributed by atoms with Crippen molar-refractivity contribution < 1.29 is 19.4 Å². The number of carboxylic acid groups (broad SMARTS) is 1. The van der Waals surface area contributed by atoms with Crippen LogP contribution in [0.1, 0.15) is 6.42 Å². The molecule has 0 heterocycles. The van der Waals surface area contributed by atoms with Gasteiger partial charge in [0.2, 0.25) is 0 Å². The molecule has 0 saturated heterocycles. The average molecular weight is 176 g/mol. The van der Waals surface area contributed by atoms with Gasteiger partial charge in [0, 0.05) is 6.42 Å². The van der Waals surface area contributed by atoms with E-state index in [2.05, 4.69) is 4.74 Å². The molecule has 0 spiro atoms. The van der Waals surface area contributed by atoms with Crippen LogP contribution in [0.3, 0.4) is 0 Å². The largest absolute Gasteiger partial charge is 0.479 e. The van der Waals surface area contributed by atoms with E-state index in [0.717, 1.165) is 0 Å². The number of hydrogen-bond acceptors (Lipinski definition) is 5. The highest BCUT2D eigenvalue weighted by molar-refractivity contribution is 5.78. The van der Waals surface area contributed by atoms with Gasteiger partial charge < -0.3 is 21.3 Å². The molecule has 0 amide bonds. The monoisotopic (exact) mass is 176 g/mol. The SMILES string of the molecule is NCCC(OC(=O)CN)C(=O)O. The van der Waals surface area contributed by atoms with E-state index in [4.69, 9.17) is 16.6 Å². The van der Waals surface area contributed by atoms with E-state index in [1.165, 1.54) is 0 Å². The number of aliphatic carboxylic acids is 1. The highest BCUT2D eigenvalue weighted by atomic mass is 16.6. The first-order valence-corrected chi connectivity index (χ1v) is 3.44. The van der Waals surface area contributed by atoms with Crippen molar-refractivity contribution in [3.63, 3.8) is 0 Å². The molecular weight excluding hydrogens is 164 g/mol. The third-order valence-corrected chi connectivity index (χ3v) is 1.14. The Bertz CT molecular complexity index is 169. The summed E-state index contributed by atoms with van der Waals surface area (Å²) in [6.45, 7) is -0.177. The maximum Gasteiger partial charge on any atom is 0.345 e. The van der Waals surface area contributed by atoms with Gasteiger partial charge in [-0.15, -0.1) is 0 Å². The third kappa shape index (κ3) is 3.89. The molecule has 6 heteroatoms. The van der Waals surface area contributed by atoms with Crippen molar-refractivity contribution in [3.05, 3.63) is 0 Å². The summed E-state index contributed by atoms with van der Waals surface area (Å²) in [5, 5.41) is 8.48. The fourth-order valence-corrected chi connectivity index (χ4v) is 0.591. The van der Waals surface area contributed by atoms with Crippen LogP contribution in [0.5, 0.6) is 0 Å². The Hall–Kier alpha value is -1.14. The van der Waals surface area contributed by atoms with Gasteiger partial charge in [-0.2, -0.15) is 0 Å². The maximum atomic E-state index is 10.6. The van der Waals surface area contributed by atoms with Crippen molar-refractivity contribution in [3.8, 4) is 0 Å². The Labute approximate surface area is 69.5 Å². The van der Waals surface area contributed by atoms with Crippen molar-refractivity contribution in [2.24, 2.45) is 11.5 Å². The first-order valence-electron chi connectivity index (χ1n) is 3.44. The second-order valence-corrected chi connectivity index (χ2v) is 2.10. The van der Waals surface area contributed by atoms with E-state index in [9.17, 15) is 9.59 Å². The number of esters is 1. The summed E-state index contributed by atoms with van der Waals surface area (Å²) in [7, 11) is 0. The van der Waals surface area contributed by atoms with E-state index in [-0.39, 0.29) is 19.5 Å². The van der Waals surface area contributed by atoms with Crippen molar-refractivity contribution in [2.45, 2.75) is 12.5 Å². The van der Waals surface area contributed by atoms with E-state index in [1.54, 1.807) is 0 Å². The molecule has 0 aliphatic carbocycles. The molecule has 0 rings (SSSR count). The maximum absolute atomic E-state index is 10.6. The summed E-state index contributed by atoms with van der Waals surface area (Å²) < 4.78 is 4.46. The fraction of sp³-hybridized carbons (Fsp3) is 0.667. The Balaban J connectivity index is 3.95. The minimum absolute atomic E-state index is 0.0983. The van der Waals surface area contributed by atoms with Gasteiger partial charge in [0.05, 0.1) is 6.54 Å². The lowest BCUT2D eigenvalue weighted by atomic mass is 10.2. The van der Waals surface area contributed by atoms with Crippen LogP contribution in [0.25, 0.3) is 0 Å². The predicted molar refractivity (Wildman–Crippen MR) is 40.2 cm³/mol. The summed E-state index contributed by atoms with van der Waals surface area (Å²) >= 11 is 0. The van der Waals surface area contributed by atoms with Gasteiger partial charge in [-0.3, -0.25) is 4.79 Å². The first-order chi connectivity index (χ1) is 5.61. The van der Waals surface area contributed by atoms with E-state index in [1.807, 2.05) is 0 Å². The molecule has 0 saturated carbocycles. The molecule has 0 bridgehead atoms. The molecule has 70 valence electrons. The van der Waals surface area contributed by atoms with Crippen molar-refractivity contribution >= 4 is 11.9 Å². The second kappa shape index (κ2) is 5.50. The summed E-state index contributed by atoms with van der Waals surface area (Å²) in [5.41, 5.74) is 10.0. The molecule has 0 aromatic carbocycles. The molecule has 12 heavy (non-hydrogen) atoms. The summed E-state index contributed by atoms with van der Waals surface area (Å²) in [6, 6.07) is 0. The highest BCUT2D eigenvalue weighted by Gasteiger charge is 2.20. The zero-order valence-corrected chi connectivity index (χ0v) is 6.53. The summed E-state index contributed by atoms with van der Waals surface area (Å²) in [5.74, 6) is -1.95. The zero-order chi connectivity index (χ0) is 9.56. The molecule has 0 aromatic rings. The smallest absolute Gasteiger partial charge is 0.345 e. The molecule has 5 N–H and O–H groups in total.